The number of rotatable bonds is 3. The van der Waals surface area contributed by atoms with Gasteiger partial charge in [0.25, 0.3) is 0 Å². The molecule has 3 atom stereocenters. The average molecular weight is 397 g/mol. The van der Waals surface area contributed by atoms with Crippen LogP contribution in [0.25, 0.3) is 0 Å². The Labute approximate surface area is 175 Å². The van der Waals surface area contributed by atoms with Crippen LogP contribution in [0.5, 0.6) is 5.75 Å². The summed E-state index contributed by atoms with van der Waals surface area (Å²) in [5.41, 5.74) is 4.92. The number of methoxy groups -OCH3 is 1. The third kappa shape index (κ3) is 3.36. The predicted molar refractivity (Wildman–Crippen MR) is 118 cm³/mol. The maximum Gasteiger partial charge on any atom is 0.144 e. The summed E-state index contributed by atoms with van der Waals surface area (Å²) in [6.07, 6.45) is 4.86. The number of ketones is 1. The second-order valence-electron chi connectivity index (χ2n) is 7.85. The first-order valence-electron chi connectivity index (χ1n) is 10.2. The molecule has 1 aliphatic carbocycles. The molecular formula is C25H23N3O2. The van der Waals surface area contributed by atoms with E-state index in [4.69, 9.17) is 9.73 Å². The van der Waals surface area contributed by atoms with E-state index in [1.165, 1.54) is 0 Å². The average Bonchev–Trinajstić information content (AvgIpc) is 2.96. The highest BCUT2D eigenvalue weighted by molar-refractivity contribution is 6.10. The Balaban J connectivity index is 1.56. The molecule has 2 aliphatic rings. The van der Waals surface area contributed by atoms with E-state index in [9.17, 15) is 4.79 Å². The van der Waals surface area contributed by atoms with Gasteiger partial charge in [0, 0.05) is 24.5 Å². The van der Waals surface area contributed by atoms with E-state index < -0.39 is 0 Å². The van der Waals surface area contributed by atoms with Crippen LogP contribution in [-0.2, 0) is 4.79 Å². The summed E-state index contributed by atoms with van der Waals surface area (Å²) < 4.78 is 5.28. The number of fused-ring (bicyclic) bond motifs is 2. The van der Waals surface area contributed by atoms with Gasteiger partial charge >= 0.3 is 0 Å². The first-order chi connectivity index (χ1) is 14.7. The Kier molecular flexibility index (Phi) is 4.79. The van der Waals surface area contributed by atoms with E-state index in [1.54, 1.807) is 13.3 Å². The number of anilines is 1. The number of benzene rings is 2. The lowest BCUT2D eigenvalue weighted by molar-refractivity contribution is -0.122. The van der Waals surface area contributed by atoms with Crippen molar-refractivity contribution in [3.05, 3.63) is 84.2 Å². The molecular weight excluding hydrogens is 374 g/mol. The van der Waals surface area contributed by atoms with Crippen molar-refractivity contribution in [1.29, 1.82) is 0 Å². The molecule has 5 heteroatoms. The number of hydrogen-bond acceptors (Lipinski definition) is 5. The summed E-state index contributed by atoms with van der Waals surface area (Å²) in [4.78, 5) is 22.7. The van der Waals surface area contributed by atoms with Gasteiger partial charge in [0.2, 0.25) is 0 Å². The van der Waals surface area contributed by atoms with Gasteiger partial charge in [-0.15, -0.1) is 0 Å². The summed E-state index contributed by atoms with van der Waals surface area (Å²) >= 11 is 0. The Morgan fingerprint density at radius 3 is 2.57 bits per heavy atom. The quantitative estimate of drug-likeness (QED) is 0.668. The third-order valence-corrected chi connectivity index (χ3v) is 6.05. The molecule has 0 spiro atoms. The number of para-hydroxylation sites is 2. The first kappa shape index (κ1) is 18.6. The molecule has 1 aromatic heterocycles. The van der Waals surface area contributed by atoms with Gasteiger partial charge in [-0.2, -0.15) is 0 Å². The van der Waals surface area contributed by atoms with E-state index in [-0.39, 0.29) is 23.7 Å². The number of Topliss-reactive ketones (excluding diaryl/α,β-unsaturated/α-hetero) is 1. The molecule has 0 saturated heterocycles. The second-order valence-corrected chi connectivity index (χ2v) is 7.85. The largest absolute Gasteiger partial charge is 0.497 e. The monoisotopic (exact) mass is 397 g/mol. The normalized spacial score (nSPS) is 22.8. The molecule has 0 amide bonds. The van der Waals surface area contributed by atoms with Crippen molar-refractivity contribution in [1.82, 2.24) is 4.98 Å². The van der Waals surface area contributed by atoms with Gasteiger partial charge in [-0.05, 0) is 53.8 Å². The van der Waals surface area contributed by atoms with Gasteiger partial charge < -0.3 is 10.1 Å². The number of carbonyl (C=O) groups excluding carboxylic acids is 1. The lowest BCUT2D eigenvalue weighted by Crippen LogP contribution is -2.38. The summed E-state index contributed by atoms with van der Waals surface area (Å²) in [7, 11) is 1.66. The molecule has 30 heavy (non-hydrogen) atoms. The molecule has 5 nitrogen and oxygen atoms in total. The number of nitrogens with one attached hydrogen (secondary N) is 1. The number of aromatic nitrogens is 1. The van der Waals surface area contributed by atoms with Gasteiger partial charge in [-0.25, -0.2) is 0 Å². The van der Waals surface area contributed by atoms with Crippen LogP contribution in [0.4, 0.5) is 11.4 Å². The highest BCUT2D eigenvalue weighted by Crippen LogP contribution is 2.43. The molecule has 3 aromatic rings. The Morgan fingerprint density at radius 2 is 1.80 bits per heavy atom. The fourth-order valence-corrected chi connectivity index (χ4v) is 4.55. The molecule has 1 aliphatic heterocycles. The molecule has 150 valence electrons. The fraction of sp³-hybridized carbons (Fsp3) is 0.240. The second kappa shape index (κ2) is 7.75. The molecule has 2 heterocycles. The van der Waals surface area contributed by atoms with Gasteiger partial charge in [-0.3, -0.25) is 14.8 Å². The highest BCUT2D eigenvalue weighted by Gasteiger charge is 2.41. The Hall–Kier alpha value is -3.47. The molecule has 1 unspecified atom stereocenters. The number of carbonyl (C=O) groups is 1. The van der Waals surface area contributed by atoms with Crippen LogP contribution in [-0.4, -0.2) is 23.6 Å². The summed E-state index contributed by atoms with van der Waals surface area (Å²) in [5.74, 6) is 0.865. The smallest absolute Gasteiger partial charge is 0.144 e. The highest BCUT2D eigenvalue weighted by atomic mass is 16.5. The SMILES string of the molecule is COc1ccc([C@H]2CC(=O)C3C(=Nc4ccccc4N[C@@H]3c3cccnc3)C2)cc1. The van der Waals surface area contributed by atoms with Gasteiger partial charge in [-0.1, -0.05) is 30.3 Å². The molecule has 0 radical (unpaired) electrons. The first-order valence-corrected chi connectivity index (χ1v) is 10.2. The van der Waals surface area contributed by atoms with Crippen LogP contribution in [0.15, 0.2) is 78.0 Å². The summed E-state index contributed by atoms with van der Waals surface area (Å²) in [5, 5.41) is 3.58. The van der Waals surface area contributed by atoms with Crippen molar-refractivity contribution in [2.24, 2.45) is 10.9 Å². The Bertz CT molecular complexity index is 1090. The van der Waals surface area contributed by atoms with Gasteiger partial charge in [0.15, 0.2) is 0 Å². The summed E-state index contributed by atoms with van der Waals surface area (Å²) in [6.45, 7) is 0. The topological polar surface area (TPSA) is 63.6 Å². The Morgan fingerprint density at radius 1 is 0.967 bits per heavy atom. The number of nitrogens with zero attached hydrogens (tertiary/aromatic N) is 2. The van der Waals surface area contributed by atoms with Crippen molar-refractivity contribution in [3.8, 4) is 5.75 Å². The number of pyridine rings is 1. The maximum atomic E-state index is 13.5. The lowest BCUT2D eigenvalue weighted by Gasteiger charge is -2.33. The van der Waals surface area contributed by atoms with Crippen LogP contribution in [0.3, 0.4) is 0 Å². The van der Waals surface area contributed by atoms with Crippen LogP contribution >= 0.6 is 0 Å². The van der Waals surface area contributed by atoms with Crippen LogP contribution < -0.4 is 10.1 Å². The lowest BCUT2D eigenvalue weighted by atomic mass is 9.72. The van der Waals surface area contributed by atoms with Crippen LogP contribution in [0, 0.1) is 5.92 Å². The zero-order valence-electron chi connectivity index (χ0n) is 16.8. The minimum atomic E-state index is -0.295. The molecule has 1 fully saturated rings. The van der Waals surface area contributed by atoms with Crippen LogP contribution in [0.1, 0.15) is 35.9 Å². The predicted octanol–water partition coefficient (Wildman–Crippen LogP) is 5.09. The number of hydrogen-bond donors (Lipinski definition) is 1. The van der Waals surface area contributed by atoms with Crippen LogP contribution in [0.2, 0.25) is 0 Å². The van der Waals surface area contributed by atoms with Gasteiger partial charge in [0.1, 0.15) is 11.5 Å². The van der Waals surface area contributed by atoms with Crippen molar-refractivity contribution in [2.75, 3.05) is 12.4 Å². The van der Waals surface area contributed by atoms with Crippen molar-refractivity contribution >= 4 is 22.9 Å². The molecule has 2 aromatic carbocycles. The number of ether oxygens (including phenoxy) is 1. The minimum absolute atomic E-state index is 0.123. The van der Waals surface area contributed by atoms with E-state index in [2.05, 4.69) is 22.4 Å². The van der Waals surface area contributed by atoms with E-state index >= 15 is 0 Å². The fourth-order valence-electron chi connectivity index (χ4n) is 4.55. The molecule has 0 bridgehead atoms. The molecule has 5 rings (SSSR count). The van der Waals surface area contributed by atoms with E-state index in [0.29, 0.717) is 6.42 Å². The standard InChI is InChI=1S/C25H23N3O2/c1-30-19-10-8-16(9-11-19)18-13-22-24(23(29)14-18)25(17-5-4-12-26-15-17)28-21-7-3-2-6-20(21)27-22/h2-12,15,18,24-25,28H,13-14H2,1H3/t18-,24?,25-/m1/s1. The minimum Gasteiger partial charge on any atom is -0.497 e. The number of aliphatic imine (C=N–C) groups is 1. The van der Waals surface area contributed by atoms with E-state index in [0.717, 1.165) is 40.4 Å². The molecule has 1 N–H and O–H groups in total. The maximum absolute atomic E-state index is 13.5. The van der Waals surface area contributed by atoms with Crippen molar-refractivity contribution in [2.45, 2.75) is 24.8 Å². The van der Waals surface area contributed by atoms with Crippen molar-refractivity contribution in [3.63, 3.8) is 0 Å². The zero-order valence-corrected chi connectivity index (χ0v) is 16.8. The zero-order chi connectivity index (χ0) is 20.5. The summed E-state index contributed by atoms with van der Waals surface area (Å²) in [6, 6.07) is 19.8. The van der Waals surface area contributed by atoms with Gasteiger partial charge in [0.05, 0.1) is 30.4 Å². The third-order valence-electron chi connectivity index (χ3n) is 6.05. The van der Waals surface area contributed by atoms with Crippen molar-refractivity contribution < 1.29 is 9.53 Å². The molecule has 1 saturated carbocycles. The van der Waals surface area contributed by atoms with E-state index in [1.807, 2.05) is 54.7 Å².